The minimum Gasteiger partial charge on any atom is -0.360 e. The fourth-order valence-corrected chi connectivity index (χ4v) is 2.05. The maximum atomic E-state index is 12.1. The summed E-state index contributed by atoms with van der Waals surface area (Å²) in [4.78, 5) is 24.9. The normalized spacial score (nSPS) is 10.4. The molecule has 0 spiro atoms. The number of hydrogen-bond acceptors (Lipinski definition) is 4. The second kappa shape index (κ2) is 6.81. The number of aryl methyl sites for hydroxylation is 1. The topological polar surface area (TPSA) is 75.4 Å². The van der Waals surface area contributed by atoms with E-state index in [0.29, 0.717) is 21.5 Å². The molecular weight excluding hydrogens is 329 g/mol. The molecule has 0 aliphatic rings. The molecule has 0 fully saturated rings. The van der Waals surface area contributed by atoms with Crippen molar-refractivity contribution in [3.8, 4) is 0 Å². The number of nitrogens with one attached hydrogen (secondary N) is 1. The molecule has 2 aromatic rings. The standard InChI is InChI=1S/C14H13Cl2N3O3/c1-8-5-13(18-22-8)19(9(2)20)7-14(21)17-10-3-4-11(15)12(16)6-10/h3-6H,7H2,1-2H3,(H,17,21). The van der Waals surface area contributed by atoms with Gasteiger partial charge in [0, 0.05) is 18.7 Å². The smallest absolute Gasteiger partial charge is 0.244 e. The predicted octanol–water partition coefficient (Wildman–Crippen LogP) is 3.28. The van der Waals surface area contributed by atoms with E-state index in [0.717, 1.165) is 0 Å². The number of anilines is 2. The zero-order chi connectivity index (χ0) is 16.3. The summed E-state index contributed by atoms with van der Waals surface area (Å²) >= 11 is 11.7. The van der Waals surface area contributed by atoms with Crippen LogP contribution in [0, 0.1) is 6.92 Å². The fraction of sp³-hybridized carbons (Fsp3) is 0.214. The molecule has 0 saturated carbocycles. The molecule has 2 rings (SSSR count). The molecule has 1 aromatic heterocycles. The molecule has 0 bridgehead atoms. The Morgan fingerprint density at radius 3 is 2.55 bits per heavy atom. The largest absolute Gasteiger partial charge is 0.360 e. The molecule has 0 aliphatic heterocycles. The van der Waals surface area contributed by atoms with Crippen LogP contribution in [-0.4, -0.2) is 23.5 Å². The molecule has 0 saturated heterocycles. The van der Waals surface area contributed by atoms with Crippen molar-refractivity contribution in [3.63, 3.8) is 0 Å². The quantitative estimate of drug-likeness (QED) is 0.925. The number of carbonyl (C=O) groups excluding carboxylic acids is 2. The van der Waals surface area contributed by atoms with Crippen LogP contribution in [0.15, 0.2) is 28.8 Å². The van der Waals surface area contributed by atoms with Gasteiger partial charge in [-0.2, -0.15) is 0 Å². The van der Waals surface area contributed by atoms with Gasteiger partial charge < -0.3 is 9.84 Å². The van der Waals surface area contributed by atoms with E-state index < -0.39 is 5.91 Å². The number of carbonyl (C=O) groups is 2. The predicted molar refractivity (Wildman–Crippen MR) is 84.4 cm³/mol. The first-order valence-electron chi connectivity index (χ1n) is 6.33. The first-order chi connectivity index (χ1) is 10.4. The van der Waals surface area contributed by atoms with Crippen LogP contribution in [0.1, 0.15) is 12.7 Å². The number of benzene rings is 1. The van der Waals surface area contributed by atoms with Gasteiger partial charge in [0.25, 0.3) is 0 Å². The van der Waals surface area contributed by atoms with E-state index in [1.807, 2.05) is 0 Å². The maximum absolute atomic E-state index is 12.1. The minimum absolute atomic E-state index is 0.193. The van der Waals surface area contributed by atoms with Crippen molar-refractivity contribution in [3.05, 3.63) is 40.1 Å². The number of rotatable bonds is 4. The first-order valence-corrected chi connectivity index (χ1v) is 7.08. The van der Waals surface area contributed by atoms with Gasteiger partial charge in [0.1, 0.15) is 12.3 Å². The maximum Gasteiger partial charge on any atom is 0.244 e. The Kier molecular flexibility index (Phi) is 5.05. The van der Waals surface area contributed by atoms with Crippen LogP contribution in [0.25, 0.3) is 0 Å². The summed E-state index contributed by atoms with van der Waals surface area (Å²) in [5.41, 5.74) is 0.485. The van der Waals surface area contributed by atoms with Crippen LogP contribution < -0.4 is 10.2 Å². The van der Waals surface area contributed by atoms with Gasteiger partial charge in [0.05, 0.1) is 10.0 Å². The molecule has 0 unspecified atom stereocenters. The Hall–Kier alpha value is -2.05. The Labute approximate surface area is 137 Å². The van der Waals surface area contributed by atoms with Crippen molar-refractivity contribution in [2.24, 2.45) is 0 Å². The molecule has 1 aromatic carbocycles. The lowest BCUT2D eigenvalue weighted by Crippen LogP contribution is -2.36. The number of hydrogen-bond donors (Lipinski definition) is 1. The van der Waals surface area contributed by atoms with Crippen molar-refractivity contribution in [1.29, 1.82) is 0 Å². The van der Waals surface area contributed by atoms with Gasteiger partial charge in [-0.15, -0.1) is 0 Å². The third-order valence-corrected chi connectivity index (χ3v) is 3.52. The van der Waals surface area contributed by atoms with Gasteiger partial charge >= 0.3 is 0 Å². The van der Waals surface area contributed by atoms with E-state index >= 15 is 0 Å². The SMILES string of the molecule is CC(=O)N(CC(=O)Nc1ccc(Cl)c(Cl)c1)c1cc(C)on1. The Morgan fingerprint density at radius 2 is 2.00 bits per heavy atom. The van der Waals surface area contributed by atoms with E-state index in [1.165, 1.54) is 17.9 Å². The number of nitrogens with zero attached hydrogens (tertiary/aromatic N) is 2. The van der Waals surface area contributed by atoms with E-state index in [-0.39, 0.29) is 18.3 Å². The summed E-state index contributed by atoms with van der Waals surface area (Å²) in [7, 11) is 0. The van der Waals surface area contributed by atoms with Crippen molar-refractivity contribution < 1.29 is 14.1 Å². The molecule has 22 heavy (non-hydrogen) atoms. The zero-order valence-corrected chi connectivity index (χ0v) is 13.4. The lowest BCUT2D eigenvalue weighted by atomic mass is 10.3. The average molecular weight is 342 g/mol. The molecule has 1 heterocycles. The zero-order valence-electron chi connectivity index (χ0n) is 11.9. The number of aromatic nitrogens is 1. The second-order valence-corrected chi connectivity index (χ2v) is 5.39. The highest BCUT2D eigenvalue weighted by atomic mass is 35.5. The van der Waals surface area contributed by atoms with Gasteiger partial charge in [0.15, 0.2) is 5.82 Å². The molecule has 0 radical (unpaired) electrons. The highest BCUT2D eigenvalue weighted by Crippen LogP contribution is 2.25. The van der Waals surface area contributed by atoms with Crippen LogP contribution in [0.4, 0.5) is 11.5 Å². The third kappa shape index (κ3) is 3.99. The summed E-state index contributed by atoms with van der Waals surface area (Å²) in [5.74, 6) is 0.118. The molecule has 8 heteroatoms. The van der Waals surface area contributed by atoms with E-state index in [2.05, 4.69) is 10.5 Å². The van der Waals surface area contributed by atoms with Crippen molar-refractivity contribution in [2.75, 3.05) is 16.8 Å². The van der Waals surface area contributed by atoms with Gasteiger partial charge in [-0.25, -0.2) is 0 Å². The number of halogens is 2. The average Bonchev–Trinajstić information content (AvgIpc) is 2.86. The highest BCUT2D eigenvalue weighted by Gasteiger charge is 2.19. The molecule has 116 valence electrons. The van der Waals surface area contributed by atoms with Crippen LogP contribution in [0.3, 0.4) is 0 Å². The number of amides is 2. The summed E-state index contributed by atoms with van der Waals surface area (Å²) in [6.07, 6.45) is 0. The third-order valence-electron chi connectivity index (χ3n) is 2.78. The molecule has 0 aliphatic carbocycles. The van der Waals surface area contributed by atoms with Crippen molar-refractivity contribution in [2.45, 2.75) is 13.8 Å². The molecule has 0 atom stereocenters. The van der Waals surface area contributed by atoms with E-state index in [1.54, 1.807) is 25.1 Å². The van der Waals surface area contributed by atoms with Crippen LogP contribution in [-0.2, 0) is 9.59 Å². The lowest BCUT2D eigenvalue weighted by molar-refractivity contribution is -0.120. The van der Waals surface area contributed by atoms with Crippen molar-refractivity contribution in [1.82, 2.24) is 5.16 Å². The Morgan fingerprint density at radius 1 is 1.27 bits per heavy atom. The Bertz CT molecular complexity index is 715. The van der Waals surface area contributed by atoms with Gasteiger partial charge in [0.2, 0.25) is 11.8 Å². The lowest BCUT2D eigenvalue weighted by Gasteiger charge is -2.17. The minimum atomic E-state index is -0.394. The Balaban J connectivity index is 2.08. The van der Waals surface area contributed by atoms with Crippen LogP contribution in [0.5, 0.6) is 0 Å². The second-order valence-electron chi connectivity index (χ2n) is 4.58. The molecule has 6 nitrogen and oxygen atoms in total. The summed E-state index contributed by atoms with van der Waals surface area (Å²) in [6.45, 7) is 2.85. The van der Waals surface area contributed by atoms with Crippen LogP contribution in [0.2, 0.25) is 10.0 Å². The summed E-state index contributed by atoms with van der Waals surface area (Å²) in [5, 5.41) is 7.09. The monoisotopic (exact) mass is 341 g/mol. The first kappa shape index (κ1) is 16.3. The van der Waals surface area contributed by atoms with E-state index in [4.69, 9.17) is 27.7 Å². The van der Waals surface area contributed by atoms with Crippen LogP contribution >= 0.6 is 23.2 Å². The van der Waals surface area contributed by atoms with E-state index in [9.17, 15) is 9.59 Å². The van der Waals surface area contributed by atoms with Crippen molar-refractivity contribution >= 4 is 46.5 Å². The highest BCUT2D eigenvalue weighted by molar-refractivity contribution is 6.42. The molecule has 2 amide bonds. The summed E-state index contributed by atoms with van der Waals surface area (Å²) < 4.78 is 4.92. The molecule has 1 N–H and O–H groups in total. The van der Waals surface area contributed by atoms with Gasteiger partial charge in [-0.3, -0.25) is 14.5 Å². The van der Waals surface area contributed by atoms with Gasteiger partial charge in [-0.05, 0) is 25.1 Å². The van der Waals surface area contributed by atoms with Gasteiger partial charge in [-0.1, -0.05) is 28.4 Å². The fourth-order valence-electron chi connectivity index (χ4n) is 1.75. The summed E-state index contributed by atoms with van der Waals surface area (Å²) in [6, 6.07) is 6.29. The molecular formula is C14H13Cl2N3O3.